The van der Waals surface area contributed by atoms with Gasteiger partial charge in [0.15, 0.2) is 23.8 Å². The van der Waals surface area contributed by atoms with Gasteiger partial charge in [-0.1, -0.05) is 5.92 Å². The number of nitrogens with two attached hydrogens (primary N) is 1. The number of carbonyl (C=O) groups excluding carboxylic acids is 3. The number of nitrogens with one attached hydrogen (secondary N) is 1. The van der Waals surface area contributed by atoms with Crippen molar-refractivity contribution in [2.45, 2.75) is 69.6 Å². The fraction of sp³-hybridized carbons (Fsp3) is 0.630. The number of hydrogen-bond acceptors (Lipinski definition) is 11. The van der Waals surface area contributed by atoms with Gasteiger partial charge in [0.1, 0.15) is 24.3 Å². The monoisotopic (exact) mass is 584 g/mol. The minimum atomic E-state index is -1.44. The molecule has 0 spiro atoms. The number of nitrogens with zero attached hydrogens (tertiary/aromatic N) is 6. The van der Waals surface area contributed by atoms with Crippen molar-refractivity contribution in [3.63, 3.8) is 0 Å². The third-order valence-corrected chi connectivity index (χ3v) is 8.07. The molecule has 2 aromatic heterocycles. The van der Waals surface area contributed by atoms with Crippen LogP contribution in [0.25, 0.3) is 11.2 Å². The highest BCUT2D eigenvalue weighted by atomic mass is 16.6. The molecule has 5 rings (SSSR count). The minimum Gasteiger partial charge on any atom is -0.447 e. The first-order chi connectivity index (χ1) is 20.2. The Morgan fingerprint density at radius 2 is 1.98 bits per heavy atom. The number of imidazole rings is 1. The molecule has 0 saturated carbocycles. The summed E-state index contributed by atoms with van der Waals surface area (Å²) in [5, 5.41) is 23.6. The molecule has 0 bridgehead atoms. The molecule has 5 heterocycles. The summed E-state index contributed by atoms with van der Waals surface area (Å²) in [5.74, 6) is 6.12. The van der Waals surface area contributed by atoms with Gasteiger partial charge in [0, 0.05) is 39.5 Å². The summed E-state index contributed by atoms with van der Waals surface area (Å²) >= 11 is 0. The predicted octanol–water partition coefficient (Wildman–Crippen LogP) is -0.625. The molecule has 3 saturated heterocycles. The van der Waals surface area contributed by atoms with Gasteiger partial charge < -0.3 is 40.5 Å². The third kappa shape index (κ3) is 5.96. The van der Waals surface area contributed by atoms with E-state index in [1.165, 1.54) is 10.9 Å². The molecule has 15 nitrogen and oxygen atoms in total. The van der Waals surface area contributed by atoms with E-state index in [0.717, 1.165) is 12.8 Å². The second kappa shape index (κ2) is 12.5. The zero-order chi connectivity index (χ0) is 30.0. The number of likely N-dealkylation sites (N-methyl/N-ethyl adjacent to an activating group) is 2. The number of rotatable bonds is 6. The number of aliphatic hydroxyl groups is 2. The van der Waals surface area contributed by atoms with Gasteiger partial charge in [-0.3, -0.25) is 14.2 Å². The van der Waals surface area contributed by atoms with Crippen LogP contribution in [-0.4, -0.2) is 115 Å². The van der Waals surface area contributed by atoms with Crippen LogP contribution >= 0.6 is 0 Å². The Balaban J connectivity index is 1.17. The van der Waals surface area contributed by atoms with E-state index in [-0.39, 0.29) is 53.4 Å². The number of fused-ring (bicyclic) bond motifs is 1. The zero-order valence-electron chi connectivity index (χ0n) is 23.6. The van der Waals surface area contributed by atoms with Crippen molar-refractivity contribution in [3.8, 4) is 11.8 Å². The average molecular weight is 585 g/mol. The first-order valence-corrected chi connectivity index (χ1v) is 14.1. The van der Waals surface area contributed by atoms with Crippen LogP contribution in [-0.2, 0) is 19.1 Å². The smallest absolute Gasteiger partial charge is 0.409 e. The van der Waals surface area contributed by atoms with E-state index < -0.39 is 30.4 Å². The van der Waals surface area contributed by atoms with Crippen LogP contribution in [0.15, 0.2) is 6.33 Å². The molecular weight excluding hydrogens is 548 g/mol. The number of piperidine rings is 1. The fourth-order valence-corrected chi connectivity index (χ4v) is 5.47. The standard InChI is InChI=1S/C27H36N8O7/c1-3-29-25(39)22-20(37)21(38)26(42-22)35-14-30-19-23(28)31-17(32-24(19)35)6-4-5-15-9-11-34(12-10-15)27(40)41-13-16-7-8-18(36)33(16)2/h14-16,20-22,26,37-38H,3,5,7-13H2,1-2H3,(H,29,39)(H2,28,31,32). The van der Waals surface area contributed by atoms with E-state index in [2.05, 4.69) is 32.1 Å². The molecular formula is C27H36N8O7. The molecule has 3 aliphatic heterocycles. The van der Waals surface area contributed by atoms with Gasteiger partial charge in [-0.25, -0.2) is 19.7 Å². The number of ether oxygens (including phenoxy) is 2. The van der Waals surface area contributed by atoms with Crippen LogP contribution in [0.2, 0.25) is 0 Å². The topological polar surface area (TPSA) is 198 Å². The predicted molar refractivity (Wildman–Crippen MR) is 147 cm³/mol. The molecule has 3 amide bonds. The summed E-state index contributed by atoms with van der Waals surface area (Å²) in [7, 11) is 1.73. The fourth-order valence-electron chi connectivity index (χ4n) is 5.47. The lowest BCUT2D eigenvalue weighted by molar-refractivity contribution is -0.137. The highest BCUT2D eigenvalue weighted by molar-refractivity contribution is 5.83. The Bertz CT molecular complexity index is 1400. The average Bonchev–Trinajstić information content (AvgIpc) is 3.63. The second-order valence-corrected chi connectivity index (χ2v) is 10.8. The van der Waals surface area contributed by atoms with Crippen LogP contribution in [0.4, 0.5) is 10.6 Å². The molecule has 0 aromatic carbocycles. The third-order valence-electron chi connectivity index (χ3n) is 8.07. The summed E-state index contributed by atoms with van der Waals surface area (Å²) in [4.78, 5) is 52.6. The first kappa shape index (κ1) is 29.5. The Morgan fingerprint density at radius 3 is 2.67 bits per heavy atom. The van der Waals surface area contributed by atoms with Crippen molar-refractivity contribution in [2.75, 3.05) is 39.0 Å². The maximum atomic E-state index is 12.5. The van der Waals surface area contributed by atoms with Gasteiger partial charge in [-0.2, -0.15) is 0 Å². The van der Waals surface area contributed by atoms with E-state index in [4.69, 9.17) is 15.2 Å². The molecule has 42 heavy (non-hydrogen) atoms. The van der Waals surface area contributed by atoms with Crippen LogP contribution in [0, 0.1) is 17.8 Å². The number of likely N-dealkylation sites (tertiary alicyclic amines) is 2. The number of hydrogen-bond donors (Lipinski definition) is 4. The molecule has 3 aliphatic rings. The van der Waals surface area contributed by atoms with E-state index >= 15 is 0 Å². The molecule has 3 fully saturated rings. The largest absolute Gasteiger partial charge is 0.447 e. The van der Waals surface area contributed by atoms with E-state index in [1.807, 2.05) is 0 Å². The van der Waals surface area contributed by atoms with Crippen molar-refractivity contribution in [3.05, 3.63) is 12.2 Å². The summed E-state index contributed by atoms with van der Waals surface area (Å²) in [6, 6.07) is -0.0602. The van der Waals surface area contributed by atoms with Gasteiger partial charge in [0.2, 0.25) is 11.7 Å². The molecule has 5 atom stereocenters. The second-order valence-electron chi connectivity index (χ2n) is 10.8. The summed E-state index contributed by atoms with van der Waals surface area (Å²) < 4.78 is 12.6. The number of amides is 3. The van der Waals surface area contributed by atoms with Crippen molar-refractivity contribution in [1.82, 2.24) is 34.6 Å². The van der Waals surface area contributed by atoms with Gasteiger partial charge in [-0.15, -0.1) is 0 Å². The van der Waals surface area contributed by atoms with Crippen LogP contribution < -0.4 is 11.1 Å². The Morgan fingerprint density at radius 1 is 1.21 bits per heavy atom. The normalized spacial score (nSPS) is 26.4. The number of anilines is 1. The molecule has 5 N–H and O–H groups in total. The lowest BCUT2D eigenvalue weighted by Gasteiger charge is -2.31. The summed E-state index contributed by atoms with van der Waals surface area (Å²) in [6.07, 6.45) is -0.918. The molecule has 0 radical (unpaired) electrons. The lowest BCUT2D eigenvalue weighted by Crippen LogP contribution is -2.42. The summed E-state index contributed by atoms with van der Waals surface area (Å²) in [6.45, 7) is 3.42. The van der Waals surface area contributed by atoms with E-state index in [0.29, 0.717) is 38.9 Å². The van der Waals surface area contributed by atoms with Gasteiger partial charge in [-0.05, 0) is 38.0 Å². The molecule has 0 aliphatic carbocycles. The Hall–Kier alpha value is -4.00. The number of aliphatic hydroxyl groups excluding tert-OH is 2. The zero-order valence-corrected chi connectivity index (χ0v) is 23.6. The highest BCUT2D eigenvalue weighted by Gasteiger charge is 2.47. The first-order valence-electron chi connectivity index (χ1n) is 14.1. The van der Waals surface area contributed by atoms with Gasteiger partial charge in [0.05, 0.1) is 12.4 Å². The molecule has 2 aromatic rings. The van der Waals surface area contributed by atoms with Crippen molar-refractivity contribution >= 4 is 34.9 Å². The maximum absolute atomic E-state index is 12.5. The van der Waals surface area contributed by atoms with Crippen molar-refractivity contribution < 1.29 is 34.1 Å². The van der Waals surface area contributed by atoms with Crippen LogP contribution in [0.5, 0.6) is 0 Å². The van der Waals surface area contributed by atoms with Crippen LogP contribution in [0.1, 0.15) is 51.1 Å². The minimum absolute atomic E-state index is 0.0602. The van der Waals surface area contributed by atoms with E-state index in [9.17, 15) is 24.6 Å². The number of aromatic nitrogens is 4. The number of nitrogen functional groups attached to an aromatic ring is 1. The molecule has 226 valence electrons. The van der Waals surface area contributed by atoms with Crippen LogP contribution in [0.3, 0.4) is 0 Å². The Kier molecular flexibility index (Phi) is 8.76. The SMILES string of the molecule is CCNC(=O)C1OC(n2cnc3c(N)nc(C#CCC4CCN(C(=O)OCC5CCC(=O)N5C)CC4)nc32)C(O)C1O. The van der Waals surface area contributed by atoms with Crippen molar-refractivity contribution in [2.24, 2.45) is 5.92 Å². The highest BCUT2D eigenvalue weighted by Crippen LogP contribution is 2.32. The van der Waals surface area contributed by atoms with Gasteiger partial charge in [0.25, 0.3) is 5.91 Å². The van der Waals surface area contributed by atoms with E-state index in [1.54, 1.807) is 23.8 Å². The molecule has 5 unspecified atom stereocenters. The Labute approximate surface area is 242 Å². The summed E-state index contributed by atoms with van der Waals surface area (Å²) in [5.41, 5.74) is 6.63. The van der Waals surface area contributed by atoms with Gasteiger partial charge >= 0.3 is 6.09 Å². The maximum Gasteiger partial charge on any atom is 0.409 e. The lowest BCUT2D eigenvalue weighted by atomic mass is 9.94. The van der Waals surface area contributed by atoms with Crippen molar-refractivity contribution in [1.29, 1.82) is 0 Å². The number of carbonyl (C=O) groups is 3. The molecule has 15 heteroatoms. The quantitative estimate of drug-likeness (QED) is 0.316.